The Morgan fingerprint density at radius 3 is 2.76 bits per heavy atom. The molecule has 0 aromatic carbocycles. The lowest BCUT2D eigenvalue weighted by atomic mass is 9.87. The van der Waals surface area contributed by atoms with Gasteiger partial charge < -0.3 is 11.1 Å². The van der Waals surface area contributed by atoms with Gasteiger partial charge in [0, 0.05) is 19.0 Å². The molecule has 0 radical (unpaired) electrons. The van der Waals surface area contributed by atoms with Gasteiger partial charge in [0.15, 0.2) is 0 Å². The second-order valence-corrected chi connectivity index (χ2v) is 6.42. The monoisotopic (exact) mass is 254 g/mol. The summed E-state index contributed by atoms with van der Waals surface area (Å²) < 4.78 is 0. The topological polar surface area (TPSA) is 55.1 Å². The van der Waals surface area contributed by atoms with Gasteiger partial charge in [0.1, 0.15) is 0 Å². The minimum atomic E-state index is -0.0579. The maximum Gasteiger partial charge on any atom is 0.221 e. The SMILES string of the molecule is CC(C)(C)CC(N)CC(=O)NCc1ccsc1. The van der Waals surface area contributed by atoms with E-state index in [4.69, 9.17) is 5.73 Å². The molecule has 0 saturated carbocycles. The number of carbonyl (C=O) groups excluding carboxylic acids is 1. The zero-order valence-corrected chi connectivity index (χ0v) is 11.6. The molecule has 4 heteroatoms. The predicted octanol–water partition coefficient (Wildman–Crippen LogP) is 2.52. The van der Waals surface area contributed by atoms with Crippen molar-refractivity contribution in [2.24, 2.45) is 11.1 Å². The fraction of sp³-hybridized carbons (Fsp3) is 0.615. The van der Waals surface area contributed by atoms with Crippen LogP contribution in [0.25, 0.3) is 0 Å². The van der Waals surface area contributed by atoms with Gasteiger partial charge in [-0.15, -0.1) is 0 Å². The maximum absolute atomic E-state index is 11.6. The Morgan fingerprint density at radius 2 is 2.24 bits per heavy atom. The Labute approximate surface area is 107 Å². The molecular weight excluding hydrogens is 232 g/mol. The van der Waals surface area contributed by atoms with Crippen molar-refractivity contribution < 1.29 is 4.79 Å². The van der Waals surface area contributed by atoms with Gasteiger partial charge in [0.25, 0.3) is 0 Å². The third kappa shape index (κ3) is 6.44. The summed E-state index contributed by atoms with van der Waals surface area (Å²) >= 11 is 1.64. The molecule has 0 saturated heterocycles. The van der Waals surface area contributed by atoms with E-state index in [0.717, 1.165) is 12.0 Å². The van der Waals surface area contributed by atoms with Crippen LogP contribution in [0.5, 0.6) is 0 Å². The summed E-state index contributed by atoms with van der Waals surface area (Å²) in [6, 6.07) is 1.96. The lowest BCUT2D eigenvalue weighted by Crippen LogP contribution is -2.33. The smallest absolute Gasteiger partial charge is 0.221 e. The van der Waals surface area contributed by atoms with E-state index < -0.39 is 0 Å². The van der Waals surface area contributed by atoms with Crippen molar-refractivity contribution in [1.29, 1.82) is 0 Å². The summed E-state index contributed by atoms with van der Waals surface area (Å²) in [5, 5.41) is 6.93. The van der Waals surface area contributed by atoms with Crippen LogP contribution in [0.2, 0.25) is 0 Å². The molecule has 0 fully saturated rings. The van der Waals surface area contributed by atoms with Crippen LogP contribution < -0.4 is 11.1 Å². The predicted molar refractivity (Wildman–Crippen MR) is 72.8 cm³/mol. The van der Waals surface area contributed by atoms with E-state index >= 15 is 0 Å². The van der Waals surface area contributed by atoms with E-state index in [-0.39, 0.29) is 17.4 Å². The summed E-state index contributed by atoms with van der Waals surface area (Å²) in [6.07, 6.45) is 1.26. The van der Waals surface area contributed by atoms with Gasteiger partial charge in [-0.2, -0.15) is 11.3 Å². The van der Waals surface area contributed by atoms with Crippen LogP contribution in [-0.2, 0) is 11.3 Å². The molecule has 1 aromatic heterocycles. The number of carbonyl (C=O) groups is 1. The molecule has 1 aromatic rings. The average molecular weight is 254 g/mol. The van der Waals surface area contributed by atoms with Gasteiger partial charge in [-0.1, -0.05) is 20.8 Å². The molecule has 0 bridgehead atoms. The van der Waals surface area contributed by atoms with E-state index in [1.807, 2.05) is 16.8 Å². The first-order chi connectivity index (χ1) is 7.87. The Kier molecular flexibility index (Phi) is 5.15. The molecule has 0 aliphatic rings. The quantitative estimate of drug-likeness (QED) is 0.848. The van der Waals surface area contributed by atoms with E-state index in [1.165, 1.54) is 0 Å². The Balaban J connectivity index is 2.25. The number of amides is 1. The third-order valence-corrected chi connectivity index (χ3v) is 3.12. The van der Waals surface area contributed by atoms with Crippen LogP contribution >= 0.6 is 11.3 Å². The molecule has 96 valence electrons. The van der Waals surface area contributed by atoms with Crippen molar-refractivity contribution >= 4 is 17.2 Å². The summed E-state index contributed by atoms with van der Waals surface area (Å²) in [4.78, 5) is 11.6. The summed E-state index contributed by atoms with van der Waals surface area (Å²) in [7, 11) is 0. The van der Waals surface area contributed by atoms with Crippen LogP contribution in [0.3, 0.4) is 0 Å². The van der Waals surface area contributed by atoms with Gasteiger partial charge in [-0.25, -0.2) is 0 Å². The van der Waals surface area contributed by atoms with Crippen molar-refractivity contribution in [1.82, 2.24) is 5.32 Å². The minimum Gasteiger partial charge on any atom is -0.352 e. The highest BCUT2D eigenvalue weighted by Crippen LogP contribution is 2.20. The first-order valence-corrected chi connectivity index (χ1v) is 6.84. The van der Waals surface area contributed by atoms with E-state index in [9.17, 15) is 4.79 Å². The summed E-state index contributed by atoms with van der Waals surface area (Å²) in [6.45, 7) is 7.01. The van der Waals surface area contributed by atoms with Crippen LogP contribution in [0.1, 0.15) is 39.2 Å². The van der Waals surface area contributed by atoms with Crippen molar-refractivity contribution in [3.63, 3.8) is 0 Å². The molecule has 3 nitrogen and oxygen atoms in total. The van der Waals surface area contributed by atoms with Crippen LogP contribution in [0.15, 0.2) is 16.8 Å². The lowest BCUT2D eigenvalue weighted by Gasteiger charge is -2.22. The van der Waals surface area contributed by atoms with Gasteiger partial charge >= 0.3 is 0 Å². The van der Waals surface area contributed by atoms with Crippen LogP contribution in [0.4, 0.5) is 0 Å². The molecule has 17 heavy (non-hydrogen) atoms. The molecular formula is C13H22N2OS. The number of thiophene rings is 1. The zero-order chi connectivity index (χ0) is 12.9. The Morgan fingerprint density at radius 1 is 1.53 bits per heavy atom. The molecule has 1 heterocycles. The number of hydrogen-bond donors (Lipinski definition) is 2. The normalized spacial score (nSPS) is 13.4. The highest BCUT2D eigenvalue weighted by Gasteiger charge is 2.17. The number of nitrogens with two attached hydrogens (primary N) is 1. The molecule has 1 unspecified atom stereocenters. The third-order valence-electron chi connectivity index (χ3n) is 2.39. The second-order valence-electron chi connectivity index (χ2n) is 5.64. The van der Waals surface area contributed by atoms with Gasteiger partial charge in [-0.05, 0) is 34.2 Å². The molecule has 1 atom stereocenters. The minimum absolute atomic E-state index is 0.0351. The molecule has 0 spiro atoms. The van der Waals surface area contributed by atoms with Gasteiger partial charge in [0.05, 0.1) is 0 Å². The first kappa shape index (κ1) is 14.2. The zero-order valence-electron chi connectivity index (χ0n) is 10.8. The summed E-state index contributed by atoms with van der Waals surface area (Å²) in [5.41, 5.74) is 7.27. The lowest BCUT2D eigenvalue weighted by molar-refractivity contribution is -0.121. The first-order valence-electron chi connectivity index (χ1n) is 5.90. The number of nitrogens with one attached hydrogen (secondary N) is 1. The standard InChI is InChI=1S/C13H22N2OS/c1-13(2,3)7-11(14)6-12(16)15-8-10-4-5-17-9-10/h4-5,9,11H,6-8,14H2,1-3H3,(H,15,16). The van der Waals surface area contributed by atoms with Crippen molar-refractivity contribution in [2.75, 3.05) is 0 Å². The van der Waals surface area contributed by atoms with Crippen molar-refractivity contribution in [3.8, 4) is 0 Å². The van der Waals surface area contributed by atoms with Gasteiger partial charge in [-0.3, -0.25) is 4.79 Å². The van der Waals surface area contributed by atoms with Crippen LogP contribution in [0, 0.1) is 5.41 Å². The van der Waals surface area contributed by atoms with E-state index in [2.05, 4.69) is 26.1 Å². The van der Waals surface area contributed by atoms with Crippen LogP contribution in [-0.4, -0.2) is 11.9 Å². The van der Waals surface area contributed by atoms with Gasteiger partial charge in [0.2, 0.25) is 5.91 Å². The fourth-order valence-corrected chi connectivity index (χ4v) is 2.43. The average Bonchev–Trinajstić information content (AvgIpc) is 2.63. The van der Waals surface area contributed by atoms with E-state index in [1.54, 1.807) is 11.3 Å². The fourth-order valence-electron chi connectivity index (χ4n) is 1.76. The largest absolute Gasteiger partial charge is 0.352 e. The second kappa shape index (κ2) is 6.17. The van der Waals surface area contributed by atoms with Crippen molar-refractivity contribution in [3.05, 3.63) is 22.4 Å². The number of rotatable bonds is 5. The molecule has 3 N–H and O–H groups in total. The maximum atomic E-state index is 11.6. The highest BCUT2D eigenvalue weighted by atomic mass is 32.1. The van der Waals surface area contributed by atoms with Crippen molar-refractivity contribution in [2.45, 2.75) is 46.2 Å². The molecule has 0 aliphatic heterocycles. The Bertz CT molecular complexity index is 341. The molecule has 0 aliphatic carbocycles. The highest BCUT2D eigenvalue weighted by molar-refractivity contribution is 7.07. The summed E-state index contributed by atoms with van der Waals surface area (Å²) in [5.74, 6) is 0.0351. The molecule has 1 amide bonds. The van der Waals surface area contributed by atoms with E-state index in [0.29, 0.717) is 13.0 Å². The Hall–Kier alpha value is -0.870. The number of hydrogen-bond acceptors (Lipinski definition) is 3. The molecule has 1 rings (SSSR count).